The van der Waals surface area contributed by atoms with E-state index in [4.69, 9.17) is 5.73 Å². The van der Waals surface area contributed by atoms with E-state index in [2.05, 4.69) is 4.98 Å². The van der Waals surface area contributed by atoms with Gasteiger partial charge in [-0.1, -0.05) is 24.3 Å². The van der Waals surface area contributed by atoms with Crippen molar-refractivity contribution >= 4 is 39.4 Å². The molecular weight excluding hydrogens is 413 g/mol. The number of alkyl halides is 3. The molecule has 0 saturated heterocycles. The first-order valence-corrected chi connectivity index (χ1v) is 8.88. The van der Waals surface area contributed by atoms with E-state index < -0.39 is 40.5 Å². The minimum absolute atomic E-state index is 0.00570. The van der Waals surface area contributed by atoms with Crippen LogP contribution in [0.1, 0.15) is 26.3 Å². The van der Waals surface area contributed by atoms with Crippen molar-refractivity contribution in [3.63, 3.8) is 0 Å². The minimum atomic E-state index is -4.74. The van der Waals surface area contributed by atoms with Gasteiger partial charge in [-0.15, -0.1) is 0 Å². The lowest BCUT2D eigenvalue weighted by molar-refractivity contribution is -0.136. The van der Waals surface area contributed by atoms with Crippen molar-refractivity contribution in [1.29, 1.82) is 0 Å². The number of para-hydroxylation sites is 1. The van der Waals surface area contributed by atoms with Crippen molar-refractivity contribution in [2.75, 3.05) is 5.73 Å². The Bertz CT molecular complexity index is 1400. The predicted molar refractivity (Wildman–Crippen MR) is 108 cm³/mol. The molecule has 0 spiro atoms. The number of anilines is 1. The molecule has 9 heteroatoms. The largest absolute Gasteiger partial charge is 0.478 e. The number of nitrogen functional groups attached to an aromatic ring is 1. The second-order valence-corrected chi connectivity index (χ2v) is 6.83. The fraction of sp³-hybridized carbons (Fsp3) is 0.0455. The lowest BCUT2D eigenvalue weighted by atomic mass is 9.93. The summed E-state index contributed by atoms with van der Waals surface area (Å²) in [7, 11) is 0. The van der Waals surface area contributed by atoms with Crippen LogP contribution in [0, 0.1) is 0 Å². The van der Waals surface area contributed by atoms with Gasteiger partial charge in [0.1, 0.15) is 0 Å². The number of fused-ring (bicyclic) bond motifs is 2. The lowest BCUT2D eigenvalue weighted by Gasteiger charge is -2.16. The zero-order chi connectivity index (χ0) is 22.5. The highest BCUT2D eigenvalue weighted by atomic mass is 19.4. The molecule has 1 aromatic heterocycles. The van der Waals surface area contributed by atoms with Gasteiger partial charge in [-0.25, -0.2) is 14.6 Å². The Labute approximate surface area is 172 Å². The van der Waals surface area contributed by atoms with Crippen LogP contribution in [-0.2, 0) is 6.18 Å². The Balaban J connectivity index is 2.07. The Morgan fingerprint density at radius 3 is 2.26 bits per heavy atom. The van der Waals surface area contributed by atoms with Crippen molar-refractivity contribution in [1.82, 2.24) is 4.98 Å². The van der Waals surface area contributed by atoms with E-state index in [9.17, 15) is 33.0 Å². The third-order valence-corrected chi connectivity index (χ3v) is 4.93. The number of pyridine rings is 1. The first kappa shape index (κ1) is 20.1. The molecule has 0 saturated carbocycles. The standard InChI is InChI=1S/C22H13F3N2O4/c23-22(24,25)15-9-11(8-12-7-10-3-1-2-4-16(10)27-19(12)15)13-5-6-14(20(28)29)17(18(13)26)21(30)31/h1-9H,26H2,(H,28,29)(H,30,31). The van der Waals surface area contributed by atoms with Crippen LogP contribution in [0.4, 0.5) is 18.9 Å². The van der Waals surface area contributed by atoms with Gasteiger partial charge in [0, 0.05) is 16.3 Å². The van der Waals surface area contributed by atoms with Crippen molar-refractivity contribution in [2.24, 2.45) is 0 Å². The van der Waals surface area contributed by atoms with Crippen molar-refractivity contribution in [3.05, 3.63) is 71.3 Å². The van der Waals surface area contributed by atoms with Gasteiger partial charge < -0.3 is 15.9 Å². The zero-order valence-corrected chi connectivity index (χ0v) is 15.6. The number of carboxylic acid groups (broad SMARTS) is 2. The number of halogens is 3. The molecule has 4 aromatic rings. The first-order valence-electron chi connectivity index (χ1n) is 8.88. The van der Waals surface area contributed by atoms with Crippen molar-refractivity contribution in [2.45, 2.75) is 6.18 Å². The minimum Gasteiger partial charge on any atom is -0.478 e. The molecule has 156 valence electrons. The number of carbonyl (C=O) groups is 2. The van der Waals surface area contributed by atoms with E-state index >= 15 is 0 Å². The van der Waals surface area contributed by atoms with Crippen LogP contribution in [0.5, 0.6) is 0 Å². The van der Waals surface area contributed by atoms with Gasteiger partial charge in [0.15, 0.2) is 0 Å². The van der Waals surface area contributed by atoms with Crippen LogP contribution in [0.2, 0.25) is 0 Å². The van der Waals surface area contributed by atoms with Gasteiger partial charge in [-0.2, -0.15) is 13.2 Å². The fourth-order valence-electron chi connectivity index (χ4n) is 3.54. The summed E-state index contributed by atoms with van der Waals surface area (Å²) in [6, 6.07) is 12.7. The number of hydrogen-bond acceptors (Lipinski definition) is 4. The average Bonchev–Trinajstić information content (AvgIpc) is 2.70. The number of aromatic carboxylic acids is 2. The molecule has 0 amide bonds. The van der Waals surface area contributed by atoms with E-state index in [0.29, 0.717) is 10.9 Å². The summed E-state index contributed by atoms with van der Waals surface area (Å²) < 4.78 is 41.5. The fourth-order valence-corrected chi connectivity index (χ4v) is 3.54. The molecule has 0 aliphatic heterocycles. The van der Waals surface area contributed by atoms with Gasteiger partial charge in [-0.3, -0.25) is 0 Å². The van der Waals surface area contributed by atoms with Gasteiger partial charge in [0.25, 0.3) is 0 Å². The molecule has 0 atom stereocenters. The number of hydrogen-bond donors (Lipinski definition) is 3. The van der Waals surface area contributed by atoms with E-state index in [0.717, 1.165) is 12.1 Å². The quantitative estimate of drug-likeness (QED) is 0.312. The topological polar surface area (TPSA) is 114 Å². The van der Waals surface area contributed by atoms with Crippen LogP contribution in [0.25, 0.3) is 32.9 Å². The smallest absolute Gasteiger partial charge is 0.418 e. The third kappa shape index (κ3) is 3.39. The molecule has 1 heterocycles. The maximum Gasteiger partial charge on any atom is 0.418 e. The second kappa shape index (κ2) is 6.98. The highest BCUT2D eigenvalue weighted by Gasteiger charge is 2.34. The Morgan fingerprint density at radius 2 is 1.61 bits per heavy atom. The molecule has 0 aliphatic rings. The number of nitrogens with two attached hydrogens (primary N) is 1. The van der Waals surface area contributed by atoms with Gasteiger partial charge in [0.2, 0.25) is 0 Å². The van der Waals surface area contributed by atoms with E-state index in [1.165, 1.54) is 12.1 Å². The van der Waals surface area contributed by atoms with Gasteiger partial charge >= 0.3 is 18.1 Å². The predicted octanol–water partition coefficient (Wildman–Crippen LogP) is 5.05. The summed E-state index contributed by atoms with van der Waals surface area (Å²) in [5.41, 5.74) is 3.33. The summed E-state index contributed by atoms with van der Waals surface area (Å²) in [6.45, 7) is 0. The first-order chi connectivity index (χ1) is 14.6. The molecule has 4 rings (SSSR count). The maximum absolute atomic E-state index is 13.8. The van der Waals surface area contributed by atoms with E-state index in [-0.39, 0.29) is 22.0 Å². The monoisotopic (exact) mass is 426 g/mol. The second-order valence-electron chi connectivity index (χ2n) is 6.83. The molecule has 0 radical (unpaired) electrons. The third-order valence-electron chi connectivity index (χ3n) is 4.93. The molecule has 3 aromatic carbocycles. The number of aromatic nitrogens is 1. The molecule has 0 aliphatic carbocycles. The Kier molecular flexibility index (Phi) is 4.53. The lowest BCUT2D eigenvalue weighted by Crippen LogP contribution is -2.12. The number of nitrogens with zero attached hydrogens (tertiary/aromatic N) is 1. The highest BCUT2D eigenvalue weighted by molar-refractivity contribution is 6.08. The van der Waals surface area contributed by atoms with E-state index in [1.54, 1.807) is 30.3 Å². The number of carboxylic acids is 2. The van der Waals surface area contributed by atoms with Crippen molar-refractivity contribution in [3.8, 4) is 11.1 Å². The molecule has 0 unspecified atom stereocenters. The average molecular weight is 426 g/mol. The number of benzene rings is 3. The SMILES string of the molecule is Nc1c(-c2cc(C(F)(F)F)c3nc4ccccc4cc3c2)ccc(C(=O)O)c1C(=O)O. The summed E-state index contributed by atoms with van der Waals surface area (Å²) >= 11 is 0. The van der Waals surface area contributed by atoms with Gasteiger partial charge in [-0.05, 0) is 35.9 Å². The molecule has 0 bridgehead atoms. The highest BCUT2D eigenvalue weighted by Crippen LogP contribution is 2.40. The summed E-state index contributed by atoms with van der Waals surface area (Å²) in [4.78, 5) is 27.1. The Hall–Kier alpha value is -4.14. The molecule has 0 fully saturated rings. The number of rotatable bonds is 3. The molecule has 4 N–H and O–H groups in total. The van der Waals surface area contributed by atoms with Crippen LogP contribution >= 0.6 is 0 Å². The van der Waals surface area contributed by atoms with Crippen LogP contribution in [0.3, 0.4) is 0 Å². The van der Waals surface area contributed by atoms with Crippen molar-refractivity contribution < 1.29 is 33.0 Å². The maximum atomic E-state index is 13.8. The Morgan fingerprint density at radius 1 is 0.903 bits per heavy atom. The van der Waals surface area contributed by atoms with Crippen LogP contribution in [-0.4, -0.2) is 27.1 Å². The zero-order valence-electron chi connectivity index (χ0n) is 15.6. The van der Waals surface area contributed by atoms with Gasteiger partial charge in [0.05, 0.1) is 33.4 Å². The van der Waals surface area contributed by atoms with E-state index in [1.807, 2.05) is 0 Å². The normalized spacial score (nSPS) is 11.7. The van der Waals surface area contributed by atoms with Crippen LogP contribution < -0.4 is 5.73 Å². The summed E-state index contributed by atoms with van der Waals surface area (Å²) in [6.07, 6.45) is -4.74. The van der Waals surface area contributed by atoms with Crippen LogP contribution in [0.15, 0.2) is 54.6 Å². The molecule has 6 nitrogen and oxygen atoms in total. The molecular formula is C22H13F3N2O4. The summed E-state index contributed by atoms with van der Waals surface area (Å²) in [5.74, 6) is -3.11. The summed E-state index contributed by atoms with van der Waals surface area (Å²) in [5, 5.41) is 19.4. The molecule has 31 heavy (non-hydrogen) atoms.